The van der Waals surface area contributed by atoms with Crippen molar-refractivity contribution < 1.29 is 14.4 Å². The summed E-state index contributed by atoms with van der Waals surface area (Å²) in [4.78, 5) is 36.9. The molecule has 3 N–H and O–H groups in total. The highest BCUT2D eigenvalue weighted by atomic mass is 35.5. The fourth-order valence-electron chi connectivity index (χ4n) is 2.83. The zero-order valence-electron chi connectivity index (χ0n) is 14.4. The van der Waals surface area contributed by atoms with Gasteiger partial charge in [0.1, 0.15) is 0 Å². The first-order valence-electron chi connectivity index (χ1n) is 8.43. The van der Waals surface area contributed by atoms with Crippen LogP contribution in [-0.4, -0.2) is 24.3 Å². The van der Waals surface area contributed by atoms with E-state index in [2.05, 4.69) is 5.32 Å². The second kappa shape index (κ2) is 8.05. The Bertz CT molecular complexity index is 923. The molecule has 7 heteroatoms. The maximum Gasteiger partial charge on any atom is 0.250 e. The summed E-state index contributed by atoms with van der Waals surface area (Å²) in [5, 5.41) is 2.88. The van der Waals surface area contributed by atoms with Gasteiger partial charge in [-0.05, 0) is 48.4 Å². The van der Waals surface area contributed by atoms with Gasteiger partial charge >= 0.3 is 0 Å². The Hall–Kier alpha value is -3.12. The molecule has 2 aromatic rings. The minimum atomic E-state index is -0.664. The molecule has 1 fully saturated rings. The van der Waals surface area contributed by atoms with Crippen molar-refractivity contribution in [3.05, 3.63) is 64.7 Å². The SMILES string of the molecule is NC(=O)c1cc(NC(=O)C=Cc2ccc(N3CCCC3=O)cc2)ccc1Cl. The van der Waals surface area contributed by atoms with Gasteiger partial charge in [-0.15, -0.1) is 0 Å². The van der Waals surface area contributed by atoms with E-state index in [1.54, 1.807) is 17.0 Å². The number of primary amides is 1. The van der Waals surface area contributed by atoms with Gasteiger partial charge in [0.15, 0.2) is 0 Å². The number of amides is 3. The molecule has 0 bridgehead atoms. The Kier molecular flexibility index (Phi) is 5.57. The van der Waals surface area contributed by atoms with Crippen LogP contribution in [0, 0.1) is 0 Å². The largest absolute Gasteiger partial charge is 0.366 e. The van der Waals surface area contributed by atoms with Crippen LogP contribution in [0.15, 0.2) is 48.5 Å². The van der Waals surface area contributed by atoms with Crippen molar-refractivity contribution in [2.75, 3.05) is 16.8 Å². The van der Waals surface area contributed by atoms with Gasteiger partial charge in [-0.25, -0.2) is 0 Å². The number of hydrogen-bond acceptors (Lipinski definition) is 3. The summed E-state index contributed by atoms with van der Waals surface area (Å²) >= 11 is 5.89. The van der Waals surface area contributed by atoms with Crippen LogP contribution in [0.3, 0.4) is 0 Å². The first-order chi connectivity index (χ1) is 12.9. The number of nitrogens with zero attached hydrogens (tertiary/aromatic N) is 1. The lowest BCUT2D eigenvalue weighted by Gasteiger charge is -2.15. The molecular weight excluding hydrogens is 366 g/mol. The summed E-state index contributed by atoms with van der Waals surface area (Å²) in [6.45, 7) is 0.741. The summed E-state index contributed by atoms with van der Waals surface area (Å²) < 4.78 is 0. The van der Waals surface area contributed by atoms with Crippen molar-refractivity contribution >= 4 is 46.8 Å². The summed E-state index contributed by atoms with van der Waals surface area (Å²) in [5.41, 5.74) is 7.49. The van der Waals surface area contributed by atoms with Gasteiger partial charge in [0, 0.05) is 30.4 Å². The number of nitrogens with one attached hydrogen (secondary N) is 1. The van der Waals surface area contributed by atoms with Crippen LogP contribution in [0.2, 0.25) is 5.02 Å². The third kappa shape index (κ3) is 4.54. The molecule has 0 atom stereocenters. The molecule has 1 aliphatic rings. The molecule has 0 aliphatic carbocycles. The van der Waals surface area contributed by atoms with E-state index >= 15 is 0 Å². The van der Waals surface area contributed by atoms with Gasteiger partial charge in [0.25, 0.3) is 0 Å². The van der Waals surface area contributed by atoms with Crippen molar-refractivity contribution in [1.82, 2.24) is 0 Å². The fraction of sp³-hybridized carbons (Fsp3) is 0.150. The Morgan fingerprint density at radius 3 is 2.52 bits per heavy atom. The van der Waals surface area contributed by atoms with E-state index in [9.17, 15) is 14.4 Å². The van der Waals surface area contributed by atoms with Gasteiger partial charge in [-0.1, -0.05) is 23.7 Å². The number of carbonyl (C=O) groups is 3. The van der Waals surface area contributed by atoms with Crippen molar-refractivity contribution in [2.24, 2.45) is 5.73 Å². The van der Waals surface area contributed by atoms with E-state index in [1.807, 2.05) is 24.3 Å². The van der Waals surface area contributed by atoms with Crippen molar-refractivity contribution in [1.29, 1.82) is 0 Å². The molecule has 0 spiro atoms. The average Bonchev–Trinajstić information content (AvgIpc) is 3.08. The molecule has 0 saturated carbocycles. The van der Waals surface area contributed by atoms with Gasteiger partial charge in [-0.2, -0.15) is 0 Å². The third-order valence-electron chi connectivity index (χ3n) is 4.20. The van der Waals surface area contributed by atoms with Crippen LogP contribution in [0.5, 0.6) is 0 Å². The smallest absolute Gasteiger partial charge is 0.250 e. The van der Waals surface area contributed by atoms with Gasteiger partial charge in [0.05, 0.1) is 10.6 Å². The average molecular weight is 384 g/mol. The maximum absolute atomic E-state index is 12.1. The normalized spacial score (nSPS) is 14.0. The van der Waals surface area contributed by atoms with E-state index in [0.717, 1.165) is 24.2 Å². The van der Waals surface area contributed by atoms with Crippen LogP contribution in [0.4, 0.5) is 11.4 Å². The highest BCUT2D eigenvalue weighted by molar-refractivity contribution is 6.34. The fourth-order valence-corrected chi connectivity index (χ4v) is 3.04. The number of anilines is 2. The van der Waals surface area contributed by atoms with Crippen LogP contribution < -0.4 is 16.0 Å². The summed E-state index contributed by atoms with van der Waals surface area (Å²) in [6.07, 6.45) is 4.51. The third-order valence-corrected chi connectivity index (χ3v) is 4.53. The Balaban J connectivity index is 1.64. The molecule has 3 amide bonds. The van der Waals surface area contributed by atoms with Gasteiger partial charge < -0.3 is 16.0 Å². The van der Waals surface area contributed by atoms with Gasteiger partial charge in [0.2, 0.25) is 17.7 Å². The molecular formula is C20H18ClN3O3. The predicted octanol–water partition coefficient (Wildman–Crippen LogP) is 3.22. The molecule has 3 rings (SSSR count). The molecule has 6 nitrogen and oxygen atoms in total. The van der Waals surface area contributed by atoms with E-state index in [4.69, 9.17) is 17.3 Å². The molecule has 2 aromatic carbocycles. The standard InChI is InChI=1S/C20H18ClN3O3/c21-17-9-6-14(12-16(17)20(22)27)23-18(25)10-5-13-3-7-15(8-4-13)24-11-1-2-19(24)26/h3-10,12H,1-2,11H2,(H2,22,27)(H,23,25). The predicted molar refractivity (Wildman–Crippen MR) is 106 cm³/mol. The van der Waals surface area contributed by atoms with Crippen LogP contribution >= 0.6 is 11.6 Å². The molecule has 27 heavy (non-hydrogen) atoms. The molecule has 0 unspecified atom stereocenters. The lowest BCUT2D eigenvalue weighted by molar-refractivity contribution is -0.117. The first kappa shape index (κ1) is 18.7. The minimum Gasteiger partial charge on any atom is -0.366 e. The highest BCUT2D eigenvalue weighted by Crippen LogP contribution is 2.22. The van der Waals surface area contributed by atoms with Crippen molar-refractivity contribution in [3.63, 3.8) is 0 Å². The number of nitrogens with two attached hydrogens (primary N) is 1. The monoisotopic (exact) mass is 383 g/mol. The Morgan fingerprint density at radius 2 is 1.89 bits per heavy atom. The van der Waals surface area contributed by atoms with E-state index < -0.39 is 5.91 Å². The van der Waals surface area contributed by atoms with Crippen LogP contribution in [-0.2, 0) is 9.59 Å². The molecule has 138 valence electrons. The van der Waals surface area contributed by atoms with E-state index in [-0.39, 0.29) is 22.4 Å². The van der Waals surface area contributed by atoms with Crippen LogP contribution in [0.1, 0.15) is 28.8 Å². The Morgan fingerprint density at radius 1 is 1.15 bits per heavy atom. The first-order valence-corrected chi connectivity index (χ1v) is 8.81. The molecule has 1 aliphatic heterocycles. The lowest BCUT2D eigenvalue weighted by atomic mass is 10.1. The number of hydrogen-bond donors (Lipinski definition) is 2. The molecule has 0 radical (unpaired) electrons. The highest BCUT2D eigenvalue weighted by Gasteiger charge is 2.21. The number of halogens is 1. The molecule has 0 aromatic heterocycles. The summed E-state index contributed by atoms with van der Waals surface area (Å²) in [5.74, 6) is -0.884. The van der Waals surface area contributed by atoms with E-state index in [1.165, 1.54) is 18.2 Å². The number of rotatable bonds is 5. The molecule has 1 heterocycles. The number of carbonyl (C=O) groups excluding carboxylic acids is 3. The minimum absolute atomic E-state index is 0.135. The molecule has 1 saturated heterocycles. The number of benzene rings is 2. The topological polar surface area (TPSA) is 92.5 Å². The van der Waals surface area contributed by atoms with Crippen molar-refractivity contribution in [2.45, 2.75) is 12.8 Å². The summed E-state index contributed by atoms with van der Waals surface area (Å²) in [6, 6.07) is 11.9. The second-order valence-corrected chi connectivity index (χ2v) is 6.53. The summed E-state index contributed by atoms with van der Waals surface area (Å²) in [7, 11) is 0. The lowest BCUT2D eigenvalue weighted by Crippen LogP contribution is -2.23. The maximum atomic E-state index is 12.1. The second-order valence-electron chi connectivity index (χ2n) is 6.12. The Labute approximate surface area is 161 Å². The van der Waals surface area contributed by atoms with Crippen molar-refractivity contribution in [3.8, 4) is 0 Å². The zero-order valence-corrected chi connectivity index (χ0v) is 15.2. The van der Waals surface area contributed by atoms with Crippen LogP contribution in [0.25, 0.3) is 6.08 Å². The zero-order chi connectivity index (χ0) is 19.4. The van der Waals surface area contributed by atoms with E-state index in [0.29, 0.717) is 12.1 Å². The quantitative estimate of drug-likeness (QED) is 0.776. The van der Waals surface area contributed by atoms with Gasteiger partial charge in [-0.3, -0.25) is 14.4 Å².